The second-order valence-electron chi connectivity index (χ2n) is 1.01. The summed E-state index contributed by atoms with van der Waals surface area (Å²) in [7, 11) is 1.11. The van der Waals surface area contributed by atoms with Gasteiger partial charge in [0.2, 0.25) is 0 Å². The molecule has 0 bridgehead atoms. The lowest BCUT2D eigenvalue weighted by Gasteiger charge is -2.13. The van der Waals surface area contributed by atoms with Crippen LogP contribution in [0.4, 0.5) is 8.63 Å². The van der Waals surface area contributed by atoms with Gasteiger partial charge in [0.25, 0.3) is 0 Å². The predicted molar refractivity (Wildman–Crippen MR) is 21.2 cm³/mol. The van der Waals surface area contributed by atoms with Crippen LogP contribution in [0.25, 0.3) is 0 Å². The Kier molecular flexibility index (Phi) is 1.49. The molecule has 3 N–H and O–H groups in total. The van der Waals surface area contributed by atoms with E-state index >= 15 is 0 Å². The first-order valence-corrected chi connectivity index (χ1v) is 1.56. The molecule has 0 spiro atoms. The normalized spacial score (nSPS) is 12.0. The number of hydrogen-bond acceptors (Lipinski definition) is 2. The summed E-state index contributed by atoms with van der Waals surface area (Å²) >= 11 is 0. The minimum Gasteiger partial charge on any atom is -0.449 e. The Hall–Kier alpha value is -0.155. The number of nitrogens with two attached hydrogens (primary N) is 1. The SMILES string of the molecule is CN[B-](N)(F)F. The van der Waals surface area contributed by atoms with Crippen LogP contribution < -0.4 is 10.9 Å². The molecule has 0 aliphatic heterocycles. The van der Waals surface area contributed by atoms with Crippen molar-refractivity contribution in [3.8, 4) is 0 Å². The van der Waals surface area contributed by atoms with E-state index in [1.807, 2.05) is 0 Å². The van der Waals surface area contributed by atoms with E-state index in [-0.39, 0.29) is 0 Å². The summed E-state index contributed by atoms with van der Waals surface area (Å²) in [4.78, 5) is 0. The van der Waals surface area contributed by atoms with Gasteiger partial charge in [-0.15, -0.1) is 0 Å². The van der Waals surface area contributed by atoms with Crippen molar-refractivity contribution in [1.82, 2.24) is 5.23 Å². The average Bonchev–Trinajstić information content (AvgIpc) is 1.35. The largest absolute Gasteiger partial charge is 0.457 e. The lowest BCUT2D eigenvalue weighted by atomic mass is 10.0. The molecule has 2 nitrogen and oxygen atoms in total. The van der Waals surface area contributed by atoms with Gasteiger partial charge >= 0.3 is 6.97 Å². The van der Waals surface area contributed by atoms with Gasteiger partial charge in [0.05, 0.1) is 0 Å². The molecule has 0 atom stereocenters. The van der Waals surface area contributed by atoms with Gasteiger partial charge in [-0.3, -0.25) is 0 Å². The average molecular weight is 94.9 g/mol. The van der Waals surface area contributed by atoms with Crippen LogP contribution >= 0.6 is 0 Å². The van der Waals surface area contributed by atoms with E-state index in [2.05, 4.69) is 5.64 Å². The maximum Gasteiger partial charge on any atom is 0.457 e. The van der Waals surface area contributed by atoms with Crippen LogP contribution in [0.2, 0.25) is 0 Å². The fourth-order valence-corrected chi connectivity index (χ4v) is 0. The Morgan fingerprint density at radius 1 is 1.67 bits per heavy atom. The molecule has 5 heteroatoms. The molecular weight excluding hydrogens is 88.8 g/mol. The summed E-state index contributed by atoms with van der Waals surface area (Å²) in [5.74, 6) is 0. The van der Waals surface area contributed by atoms with Gasteiger partial charge in [-0.25, -0.2) is 0 Å². The first kappa shape index (κ1) is 5.84. The summed E-state index contributed by atoms with van der Waals surface area (Å²) in [5.41, 5.74) is 4.15. The summed E-state index contributed by atoms with van der Waals surface area (Å²) in [6, 6.07) is 0. The Bertz CT molecular complexity index is 41.3. The Labute approximate surface area is 34.8 Å². The highest BCUT2D eigenvalue weighted by Gasteiger charge is 2.12. The van der Waals surface area contributed by atoms with E-state index in [4.69, 9.17) is 0 Å². The zero-order valence-electron chi connectivity index (χ0n) is 3.41. The molecule has 6 heavy (non-hydrogen) atoms. The highest BCUT2D eigenvalue weighted by Crippen LogP contribution is 1.85. The van der Waals surface area contributed by atoms with Crippen molar-refractivity contribution in [2.24, 2.45) is 5.64 Å². The molecule has 0 aromatic carbocycles. The molecule has 0 amide bonds. The third-order valence-electron chi connectivity index (χ3n) is 0.385. The van der Waals surface area contributed by atoms with Crippen LogP contribution in [0.3, 0.4) is 0 Å². The number of hydrogen-bond donors (Lipinski definition) is 2. The van der Waals surface area contributed by atoms with E-state index in [1.165, 1.54) is 0 Å². The van der Waals surface area contributed by atoms with Gasteiger partial charge in [-0.05, 0) is 7.05 Å². The Morgan fingerprint density at radius 2 is 1.83 bits per heavy atom. The molecule has 0 fully saturated rings. The van der Waals surface area contributed by atoms with Gasteiger partial charge in [0.1, 0.15) is 0 Å². The topological polar surface area (TPSA) is 38.0 Å². The van der Waals surface area contributed by atoms with Crippen molar-refractivity contribution in [3.63, 3.8) is 0 Å². The molecule has 0 aromatic heterocycles. The third kappa shape index (κ3) is 3.84. The fourth-order valence-electron chi connectivity index (χ4n) is 0. The van der Waals surface area contributed by atoms with E-state index in [0.29, 0.717) is 0 Å². The minimum absolute atomic E-state index is 1.11. The van der Waals surface area contributed by atoms with Gasteiger partial charge < -0.3 is 19.5 Å². The maximum atomic E-state index is 11.2. The van der Waals surface area contributed by atoms with E-state index in [9.17, 15) is 8.63 Å². The van der Waals surface area contributed by atoms with E-state index in [1.54, 1.807) is 5.23 Å². The smallest absolute Gasteiger partial charge is 0.449 e. The molecule has 0 saturated heterocycles. The summed E-state index contributed by atoms with van der Waals surface area (Å²) in [5, 5.41) is 1.61. The van der Waals surface area contributed by atoms with Crippen molar-refractivity contribution in [3.05, 3.63) is 0 Å². The van der Waals surface area contributed by atoms with Gasteiger partial charge in [-0.1, -0.05) is 0 Å². The van der Waals surface area contributed by atoms with Crippen molar-refractivity contribution >= 4 is 6.97 Å². The standard InChI is InChI=1S/CH6BF2N2/c1-6-2(3,4)5/h6H,5H2,1H3/q-1. The van der Waals surface area contributed by atoms with Gasteiger partial charge in [-0.2, -0.15) is 0 Å². The summed E-state index contributed by atoms with van der Waals surface area (Å²) in [6.45, 7) is -3.74. The minimum atomic E-state index is -3.74. The lowest BCUT2D eigenvalue weighted by Crippen LogP contribution is -2.49. The monoisotopic (exact) mass is 95.1 g/mol. The molecule has 0 saturated carbocycles. The van der Waals surface area contributed by atoms with Crippen LogP contribution in [0.1, 0.15) is 0 Å². The van der Waals surface area contributed by atoms with E-state index in [0.717, 1.165) is 7.05 Å². The van der Waals surface area contributed by atoms with Gasteiger partial charge in [0.15, 0.2) is 0 Å². The quantitative estimate of drug-likeness (QED) is 0.432. The summed E-state index contributed by atoms with van der Waals surface area (Å²) in [6.07, 6.45) is 0. The first-order valence-electron chi connectivity index (χ1n) is 1.56. The van der Waals surface area contributed by atoms with Crippen LogP contribution in [0.5, 0.6) is 0 Å². The third-order valence-corrected chi connectivity index (χ3v) is 0.385. The summed E-state index contributed by atoms with van der Waals surface area (Å²) < 4.78 is 22.4. The second kappa shape index (κ2) is 1.53. The molecule has 0 unspecified atom stereocenters. The zero-order chi connectivity index (χ0) is 5.21. The first-order chi connectivity index (χ1) is 2.56. The van der Waals surface area contributed by atoms with Crippen LogP contribution in [0.15, 0.2) is 0 Å². The van der Waals surface area contributed by atoms with Crippen LogP contribution in [-0.4, -0.2) is 14.0 Å². The molecule has 0 aromatic rings. The Balaban J connectivity index is 3.17. The van der Waals surface area contributed by atoms with Crippen molar-refractivity contribution in [1.29, 1.82) is 0 Å². The zero-order valence-corrected chi connectivity index (χ0v) is 3.41. The molecule has 0 rings (SSSR count). The van der Waals surface area contributed by atoms with Crippen molar-refractivity contribution < 1.29 is 8.63 Å². The predicted octanol–water partition coefficient (Wildman–Crippen LogP) is -0.461. The van der Waals surface area contributed by atoms with Crippen molar-refractivity contribution in [2.45, 2.75) is 0 Å². The Morgan fingerprint density at radius 3 is 1.83 bits per heavy atom. The molecule has 0 heterocycles. The van der Waals surface area contributed by atoms with Crippen molar-refractivity contribution in [2.75, 3.05) is 7.05 Å². The number of halogens is 2. The highest BCUT2D eigenvalue weighted by atomic mass is 19.2. The second-order valence-corrected chi connectivity index (χ2v) is 1.01. The molecule has 0 aliphatic rings. The lowest BCUT2D eigenvalue weighted by molar-refractivity contribution is 0.572. The van der Waals surface area contributed by atoms with Crippen LogP contribution in [0, 0.1) is 0 Å². The molecule has 0 aliphatic carbocycles. The molecule has 0 radical (unpaired) electrons. The number of rotatable bonds is 1. The van der Waals surface area contributed by atoms with E-state index < -0.39 is 6.97 Å². The maximum absolute atomic E-state index is 11.2. The fraction of sp³-hybridized carbons (Fsp3) is 1.00. The molecule has 38 valence electrons. The highest BCUT2D eigenvalue weighted by molar-refractivity contribution is 6.59. The number of nitrogens with one attached hydrogen (secondary N) is 1. The van der Waals surface area contributed by atoms with Crippen LogP contribution in [-0.2, 0) is 0 Å². The van der Waals surface area contributed by atoms with Gasteiger partial charge in [0, 0.05) is 0 Å². The molecular formula is CH6BF2N2-.